The largest absolute Gasteiger partial charge is 0.401 e. The van der Waals surface area contributed by atoms with Crippen LogP contribution in [0.4, 0.5) is 13.2 Å². The van der Waals surface area contributed by atoms with Gasteiger partial charge in [0.2, 0.25) is 0 Å². The molecule has 170 valence electrons. The first-order valence-corrected chi connectivity index (χ1v) is 11.2. The maximum atomic E-state index is 12.5. The Labute approximate surface area is 173 Å². The molecule has 29 heavy (non-hydrogen) atoms. The highest BCUT2D eigenvalue weighted by Crippen LogP contribution is 2.40. The fourth-order valence-electron chi connectivity index (χ4n) is 4.65. The molecule has 0 radical (unpaired) electrons. The first kappa shape index (κ1) is 24.3. The van der Waals surface area contributed by atoms with E-state index < -0.39 is 12.7 Å². The van der Waals surface area contributed by atoms with Gasteiger partial charge >= 0.3 is 6.18 Å². The van der Waals surface area contributed by atoms with Crippen LogP contribution in [0.25, 0.3) is 0 Å². The Bertz CT molecular complexity index is 485. The molecule has 0 atom stereocenters. The average molecular weight is 421 g/mol. The summed E-state index contributed by atoms with van der Waals surface area (Å²) in [4.78, 5) is 5.86. The van der Waals surface area contributed by atoms with Crippen LogP contribution in [-0.2, 0) is 4.74 Å². The summed E-state index contributed by atoms with van der Waals surface area (Å²) in [5.41, 5.74) is 0.304. The van der Waals surface area contributed by atoms with Crippen LogP contribution in [0.3, 0.4) is 0 Å². The Morgan fingerprint density at radius 2 is 1.86 bits per heavy atom. The number of ether oxygens (including phenoxy) is 1. The SMILES string of the molecule is CCOCCC1(CNC(=NC)NCCC2CCN(CC(F)(F)F)CC2)CCCC1. The molecule has 0 aromatic heterocycles. The highest BCUT2D eigenvalue weighted by atomic mass is 19.4. The van der Waals surface area contributed by atoms with Gasteiger partial charge in [-0.3, -0.25) is 9.89 Å². The van der Waals surface area contributed by atoms with Crippen molar-refractivity contribution in [2.24, 2.45) is 16.3 Å². The second-order valence-electron chi connectivity index (χ2n) is 8.63. The molecule has 0 aromatic rings. The Kier molecular flexibility index (Phi) is 10.0. The van der Waals surface area contributed by atoms with E-state index in [4.69, 9.17) is 4.74 Å². The minimum atomic E-state index is -4.09. The third-order valence-corrected chi connectivity index (χ3v) is 6.45. The molecule has 0 spiro atoms. The molecule has 0 amide bonds. The third kappa shape index (κ3) is 9.11. The number of rotatable bonds is 10. The summed E-state index contributed by atoms with van der Waals surface area (Å²) >= 11 is 0. The maximum absolute atomic E-state index is 12.5. The lowest BCUT2D eigenvalue weighted by atomic mass is 9.83. The zero-order valence-corrected chi connectivity index (χ0v) is 18.1. The summed E-state index contributed by atoms with van der Waals surface area (Å²) in [6.07, 6.45) is 4.68. The fraction of sp³-hybridized carbons (Fsp3) is 0.952. The lowest BCUT2D eigenvalue weighted by Gasteiger charge is -2.32. The van der Waals surface area contributed by atoms with Gasteiger partial charge in [0.25, 0.3) is 0 Å². The topological polar surface area (TPSA) is 48.9 Å². The van der Waals surface area contributed by atoms with Crippen LogP contribution < -0.4 is 10.6 Å². The maximum Gasteiger partial charge on any atom is 0.401 e. The monoisotopic (exact) mass is 420 g/mol. The molecule has 0 aromatic carbocycles. The minimum absolute atomic E-state index is 0.304. The predicted octanol–water partition coefficient (Wildman–Crippen LogP) is 3.80. The van der Waals surface area contributed by atoms with Crippen LogP contribution in [0.2, 0.25) is 0 Å². The molecule has 0 bridgehead atoms. The van der Waals surface area contributed by atoms with Crippen LogP contribution in [0.15, 0.2) is 4.99 Å². The molecule has 2 rings (SSSR count). The Morgan fingerprint density at radius 1 is 1.17 bits per heavy atom. The van der Waals surface area contributed by atoms with Crippen LogP contribution in [-0.4, -0.2) is 70.0 Å². The number of piperidine rings is 1. The van der Waals surface area contributed by atoms with E-state index in [-0.39, 0.29) is 0 Å². The van der Waals surface area contributed by atoms with Crippen LogP contribution in [0.5, 0.6) is 0 Å². The number of nitrogens with one attached hydrogen (secondary N) is 2. The van der Waals surface area contributed by atoms with E-state index in [1.165, 1.54) is 30.6 Å². The quantitative estimate of drug-likeness (QED) is 0.321. The molecular weight excluding hydrogens is 381 g/mol. The molecule has 2 aliphatic rings. The molecule has 2 fully saturated rings. The Morgan fingerprint density at radius 3 is 2.45 bits per heavy atom. The molecule has 0 unspecified atom stereocenters. The summed E-state index contributed by atoms with van der Waals surface area (Å²) in [5.74, 6) is 1.31. The zero-order chi connectivity index (χ0) is 21.2. The molecule has 2 N–H and O–H groups in total. The van der Waals surface area contributed by atoms with E-state index in [2.05, 4.69) is 15.6 Å². The van der Waals surface area contributed by atoms with Gasteiger partial charge in [0.1, 0.15) is 0 Å². The zero-order valence-electron chi connectivity index (χ0n) is 18.1. The van der Waals surface area contributed by atoms with Gasteiger partial charge in [-0.15, -0.1) is 0 Å². The highest BCUT2D eigenvalue weighted by molar-refractivity contribution is 5.79. The number of likely N-dealkylation sites (tertiary alicyclic amines) is 1. The second-order valence-corrected chi connectivity index (χ2v) is 8.63. The van der Waals surface area contributed by atoms with Gasteiger partial charge < -0.3 is 15.4 Å². The van der Waals surface area contributed by atoms with Gasteiger partial charge in [-0.1, -0.05) is 12.8 Å². The minimum Gasteiger partial charge on any atom is -0.382 e. The standard InChI is InChI=1S/C21H39F3N4O/c1-3-29-15-11-20(9-4-5-10-20)16-27-19(25-2)26-12-6-18-7-13-28(14-8-18)17-21(22,23)24/h18H,3-17H2,1-2H3,(H2,25,26,27). The van der Waals surface area contributed by atoms with Gasteiger partial charge in [-0.2, -0.15) is 13.2 Å². The van der Waals surface area contributed by atoms with Crippen molar-refractivity contribution in [1.29, 1.82) is 0 Å². The van der Waals surface area contributed by atoms with Crippen LogP contribution >= 0.6 is 0 Å². The molecule has 1 saturated heterocycles. The summed E-state index contributed by atoms with van der Waals surface area (Å²) in [6.45, 7) is 5.63. The normalized spacial score (nSPS) is 21.5. The van der Waals surface area contributed by atoms with E-state index in [0.717, 1.165) is 57.9 Å². The third-order valence-electron chi connectivity index (χ3n) is 6.45. The van der Waals surface area contributed by atoms with Gasteiger partial charge in [0.15, 0.2) is 5.96 Å². The molecule has 1 aliphatic heterocycles. The molecule has 8 heteroatoms. The van der Waals surface area contributed by atoms with Crippen LogP contribution in [0, 0.1) is 11.3 Å². The van der Waals surface area contributed by atoms with Crippen molar-refractivity contribution in [3.8, 4) is 0 Å². The summed E-state index contributed by atoms with van der Waals surface area (Å²) in [7, 11) is 1.78. The van der Waals surface area contributed by atoms with Gasteiger partial charge in [0.05, 0.1) is 6.54 Å². The second kappa shape index (κ2) is 12.0. The van der Waals surface area contributed by atoms with E-state index >= 15 is 0 Å². The highest BCUT2D eigenvalue weighted by Gasteiger charge is 2.34. The Balaban J connectivity index is 1.65. The predicted molar refractivity (Wildman–Crippen MR) is 111 cm³/mol. The van der Waals surface area contributed by atoms with Gasteiger partial charge in [-0.05, 0) is 69.9 Å². The van der Waals surface area contributed by atoms with Crippen molar-refractivity contribution in [3.05, 3.63) is 0 Å². The van der Waals surface area contributed by atoms with E-state index in [1.54, 1.807) is 7.05 Å². The number of hydrogen-bond donors (Lipinski definition) is 2. The summed E-state index contributed by atoms with van der Waals surface area (Å²) in [5, 5.41) is 6.89. The molecule has 1 aliphatic carbocycles. The van der Waals surface area contributed by atoms with Crippen molar-refractivity contribution in [3.63, 3.8) is 0 Å². The van der Waals surface area contributed by atoms with Crippen molar-refractivity contribution in [2.45, 2.75) is 64.5 Å². The number of halogens is 3. The summed E-state index contributed by atoms with van der Waals surface area (Å²) < 4.78 is 43.0. The molecule has 1 saturated carbocycles. The first-order chi connectivity index (χ1) is 13.9. The number of aliphatic imine (C=N–C) groups is 1. The molecular formula is C21H39F3N4O. The number of hydrogen-bond acceptors (Lipinski definition) is 3. The van der Waals surface area contributed by atoms with Crippen molar-refractivity contribution < 1.29 is 17.9 Å². The first-order valence-electron chi connectivity index (χ1n) is 11.2. The lowest BCUT2D eigenvalue weighted by molar-refractivity contribution is -0.148. The lowest BCUT2D eigenvalue weighted by Crippen LogP contribution is -2.44. The molecule has 5 nitrogen and oxygen atoms in total. The van der Waals surface area contributed by atoms with Crippen molar-refractivity contribution >= 4 is 5.96 Å². The van der Waals surface area contributed by atoms with E-state index in [0.29, 0.717) is 24.4 Å². The van der Waals surface area contributed by atoms with Gasteiger partial charge in [-0.25, -0.2) is 0 Å². The number of nitrogens with zero attached hydrogens (tertiary/aromatic N) is 2. The average Bonchev–Trinajstić information content (AvgIpc) is 3.14. The molecule has 1 heterocycles. The smallest absolute Gasteiger partial charge is 0.382 e. The van der Waals surface area contributed by atoms with Crippen molar-refractivity contribution in [2.75, 3.05) is 53.0 Å². The fourth-order valence-corrected chi connectivity index (χ4v) is 4.65. The van der Waals surface area contributed by atoms with Crippen molar-refractivity contribution in [1.82, 2.24) is 15.5 Å². The van der Waals surface area contributed by atoms with E-state index in [9.17, 15) is 13.2 Å². The van der Waals surface area contributed by atoms with Crippen LogP contribution in [0.1, 0.15) is 58.3 Å². The Hall–Kier alpha value is -1.02. The number of alkyl halides is 3. The van der Waals surface area contributed by atoms with E-state index in [1.807, 2.05) is 6.92 Å². The van der Waals surface area contributed by atoms with Gasteiger partial charge in [0, 0.05) is 33.4 Å². The number of guanidine groups is 1. The summed E-state index contributed by atoms with van der Waals surface area (Å²) in [6, 6.07) is 0.